The number of aryl methyl sites for hydroxylation is 1. The van der Waals surface area contributed by atoms with Crippen LogP contribution in [0.4, 0.5) is 14.5 Å². The number of anilines is 1. The van der Waals surface area contributed by atoms with Crippen molar-refractivity contribution in [1.82, 2.24) is 4.98 Å². The number of aromatic carboxylic acids is 1. The second-order valence-corrected chi connectivity index (χ2v) is 5.76. The van der Waals surface area contributed by atoms with Gasteiger partial charge in [-0.2, -0.15) is 0 Å². The Hall–Kier alpha value is -2.54. The number of carbonyl (C=O) groups is 1. The number of carboxylic acids is 1. The number of thiazole rings is 1. The van der Waals surface area contributed by atoms with E-state index in [0.717, 1.165) is 17.4 Å². The van der Waals surface area contributed by atoms with Crippen LogP contribution < -0.4 is 5.73 Å². The third kappa shape index (κ3) is 2.19. The van der Waals surface area contributed by atoms with Gasteiger partial charge in [-0.15, -0.1) is 11.3 Å². The summed E-state index contributed by atoms with van der Waals surface area (Å²) in [7, 11) is 0. The highest BCUT2D eigenvalue weighted by Gasteiger charge is 2.17. The van der Waals surface area contributed by atoms with Gasteiger partial charge >= 0.3 is 5.97 Å². The van der Waals surface area contributed by atoms with E-state index in [4.69, 9.17) is 10.8 Å². The van der Waals surface area contributed by atoms with Crippen molar-refractivity contribution in [3.8, 4) is 10.6 Å². The molecule has 0 aliphatic heterocycles. The summed E-state index contributed by atoms with van der Waals surface area (Å²) in [4.78, 5) is 15.4. The highest BCUT2D eigenvalue weighted by molar-refractivity contribution is 7.17. The number of carboxylic acid groups (broad SMARTS) is 1. The fourth-order valence-electron chi connectivity index (χ4n) is 2.27. The predicted molar refractivity (Wildman–Crippen MR) is 81.1 cm³/mol. The van der Waals surface area contributed by atoms with Crippen molar-refractivity contribution in [3.63, 3.8) is 0 Å². The van der Waals surface area contributed by atoms with Crippen LogP contribution in [0, 0.1) is 18.6 Å². The minimum Gasteiger partial charge on any atom is -0.477 e. The van der Waals surface area contributed by atoms with Gasteiger partial charge < -0.3 is 10.8 Å². The maximum atomic E-state index is 13.8. The maximum Gasteiger partial charge on any atom is 0.347 e. The van der Waals surface area contributed by atoms with E-state index in [2.05, 4.69) is 4.98 Å². The van der Waals surface area contributed by atoms with Crippen LogP contribution in [0.25, 0.3) is 21.3 Å². The summed E-state index contributed by atoms with van der Waals surface area (Å²) in [5.74, 6) is -3.02. The molecule has 0 saturated heterocycles. The molecule has 0 aliphatic rings. The summed E-state index contributed by atoms with van der Waals surface area (Å²) in [5, 5.41) is 9.98. The molecule has 0 saturated carbocycles. The Bertz CT molecular complexity index is 922. The Balaban J connectivity index is 2.23. The zero-order valence-corrected chi connectivity index (χ0v) is 12.2. The van der Waals surface area contributed by atoms with Gasteiger partial charge in [0.1, 0.15) is 9.88 Å². The Morgan fingerprint density at radius 2 is 2.05 bits per heavy atom. The Labute approximate surface area is 127 Å². The lowest BCUT2D eigenvalue weighted by Crippen LogP contribution is -1.94. The predicted octanol–water partition coefficient (Wildman–Crippen LogP) is 3.83. The number of nitrogens with two attached hydrogens (primary N) is 1. The van der Waals surface area contributed by atoms with Crippen molar-refractivity contribution in [2.75, 3.05) is 5.73 Å². The summed E-state index contributed by atoms with van der Waals surface area (Å²) in [5.41, 5.74) is 6.87. The number of aromatic nitrogens is 1. The molecule has 3 rings (SSSR count). The molecule has 0 fully saturated rings. The first-order valence-corrected chi connectivity index (χ1v) is 7.08. The van der Waals surface area contributed by atoms with E-state index in [1.54, 1.807) is 13.0 Å². The van der Waals surface area contributed by atoms with Gasteiger partial charge in [-0.1, -0.05) is 6.07 Å². The SMILES string of the molecule is Cc1nc(-c2cc(N)c3c(F)c(F)ccc3c2)sc1C(=O)O. The molecule has 0 aliphatic carbocycles. The Morgan fingerprint density at radius 1 is 1.32 bits per heavy atom. The van der Waals surface area contributed by atoms with Gasteiger partial charge in [0.25, 0.3) is 0 Å². The summed E-state index contributed by atoms with van der Waals surface area (Å²) >= 11 is 1.01. The maximum absolute atomic E-state index is 13.8. The molecule has 0 radical (unpaired) electrons. The minimum absolute atomic E-state index is 0.00971. The number of nitrogens with zero attached hydrogens (tertiary/aromatic N) is 1. The minimum atomic E-state index is -1.05. The summed E-state index contributed by atoms with van der Waals surface area (Å²) in [6.45, 7) is 1.60. The van der Waals surface area contributed by atoms with Gasteiger partial charge in [0.05, 0.1) is 5.69 Å². The van der Waals surface area contributed by atoms with Gasteiger partial charge in [0.2, 0.25) is 0 Å². The molecular weight excluding hydrogens is 310 g/mol. The zero-order chi connectivity index (χ0) is 16.0. The van der Waals surface area contributed by atoms with Crippen molar-refractivity contribution < 1.29 is 18.7 Å². The van der Waals surface area contributed by atoms with E-state index in [1.807, 2.05) is 0 Å². The third-order valence-electron chi connectivity index (χ3n) is 3.28. The standard InChI is InChI=1S/C15H10F2N2O2S/c1-6-13(15(20)21)22-14(19-6)8-4-7-2-3-9(16)12(17)11(7)10(18)5-8/h2-5H,18H2,1H3,(H,20,21). The number of hydrogen-bond donors (Lipinski definition) is 2. The molecule has 3 aromatic rings. The molecule has 4 nitrogen and oxygen atoms in total. The first-order chi connectivity index (χ1) is 10.4. The molecule has 0 atom stereocenters. The van der Waals surface area contributed by atoms with Crippen LogP contribution in [0.5, 0.6) is 0 Å². The largest absolute Gasteiger partial charge is 0.477 e. The average Bonchev–Trinajstić information content (AvgIpc) is 2.85. The van der Waals surface area contributed by atoms with E-state index < -0.39 is 17.6 Å². The molecule has 3 N–H and O–H groups in total. The number of fused-ring (bicyclic) bond motifs is 1. The van der Waals surface area contributed by atoms with Crippen molar-refractivity contribution >= 4 is 33.8 Å². The first-order valence-electron chi connectivity index (χ1n) is 6.27. The normalized spacial score (nSPS) is 11.0. The highest BCUT2D eigenvalue weighted by atomic mass is 32.1. The van der Waals surface area contributed by atoms with Crippen LogP contribution in [0.2, 0.25) is 0 Å². The summed E-state index contributed by atoms with van der Waals surface area (Å²) in [6.07, 6.45) is 0. The topological polar surface area (TPSA) is 76.2 Å². The number of rotatable bonds is 2. The lowest BCUT2D eigenvalue weighted by molar-refractivity contribution is 0.0701. The van der Waals surface area contributed by atoms with Gasteiger partial charge in [-0.05, 0) is 30.5 Å². The smallest absolute Gasteiger partial charge is 0.347 e. The van der Waals surface area contributed by atoms with Crippen LogP contribution in [-0.4, -0.2) is 16.1 Å². The van der Waals surface area contributed by atoms with Crippen molar-refractivity contribution in [2.45, 2.75) is 6.92 Å². The van der Waals surface area contributed by atoms with Gasteiger partial charge in [-0.25, -0.2) is 18.6 Å². The van der Waals surface area contributed by atoms with Crippen LogP contribution in [0.15, 0.2) is 24.3 Å². The Morgan fingerprint density at radius 3 is 2.68 bits per heavy atom. The molecule has 7 heteroatoms. The molecule has 2 aromatic carbocycles. The molecule has 22 heavy (non-hydrogen) atoms. The molecule has 1 aromatic heterocycles. The Kier molecular flexibility index (Phi) is 3.29. The van der Waals surface area contributed by atoms with Crippen LogP contribution in [0.1, 0.15) is 15.4 Å². The fourth-order valence-corrected chi connectivity index (χ4v) is 3.16. The van der Waals surface area contributed by atoms with Crippen molar-refractivity contribution in [3.05, 3.63) is 46.5 Å². The van der Waals surface area contributed by atoms with Gasteiger partial charge in [-0.3, -0.25) is 0 Å². The number of hydrogen-bond acceptors (Lipinski definition) is 4. The van der Waals surface area contributed by atoms with E-state index in [1.165, 1.54) is 12.1 Å². The second-order valence-electron chi connectivity index (χ2n) is 4.76. The van der Waals surface area contributed by atoms with Crippen LogP contribution >= 0.6 is 11.3 Å². The van der Waals surface area contributed by atoms with E-state index in [9.17, 15) is 13.6 Å². The third-order valence-corrected chi connectivity index (χ3v) is 4.47. The van der Waals surface area contributed by atoms with E-state index >= 15 is 0 Å². The van der Waals surface area contributed by atoms with E-state index in [-0.39, 0.29) is 16.0 Å². The molecule has 0 amide bonds. The van der Waals surface area contributed by atoms with Gasteiger partial charge in [0, 0.05) is 16.6 Å². The lowest BCUT2D eigenvalue weighted by atomic mass is 10.0. The number of halogens is 2. The van der Waals surface area contributed by atoms with Crippen LogP contribution in [-0.2, 0) is 0 Å². The van der Waals surface area contributed by atoms with Gasteiger partial charge in [0.15, 0.2) is 11.6 Å². The second kappa shape index (κ2) is 5.03. The fraction of sp³-hybridized carbons (Fsp3) is 0.0667. The molecular formula is C15H10F2N2O2S. The monoisotopic (exact) mass is 320 g/mol. The lowest BCUT2D eigenvalue weighted by Gasteiger charge is -2.07. The highest BCUT2D eigenvalue weighted by Crippen LogP contribution is 2.34. The van der Waals surface area contributed by atoms with E-state index in [0.29, 0.717) is 21.7 Å². The quantitative estimate of drug-likeness (QED) is 0.704. The molecule has 112 valence electrons. The van der Waals surface area contributed by atoms with Crippen molar-refractivity contribution in [1.29, 1.82) is 0 Å². The number of benzene rings is 2. The number of nitrogen functional groups attached to an aromatic ring is 1. The van der Waals surface area contributed by atoms with Crippen LogP contribution in [0.3, 0.4) is 0 Å². The average molecular weight is 320 g/mol. The summed E-state index contributed by atoms with van der Waals surface area (Å²) in [6, 6.07) is 5.52. The molecule has 0 unspecified atom stereocenters. The summed E-state index contributed by atoms with van der Waals surface area (Å²) < 4.78 is 27.1. The van der Waals surface area contributed by atoms with Crippen molar-refractivity contribution in [2.24, 2.45) is 0 Å². The first kappa shape index (κ1) is 14.4. The zero-order valence-electron chi connectivity index (χ0n) is 11.4. The molecule has 0 bridgehead atoms. The molecule has 1 heterocycles. The molecule has 0 spiro atoms.